The summed E-state index contributed by atoms with van der Waals surface area (Å²) in [6.45, 7) is 6.17. The lowest BCUT2D eigenvalue weighted by atomic mass is 10.2. The molecule has 0 aromatic carbocycles. The highest BCUT2D eigenvalue weighted by molar-refractivity contribution is 5.82. The summed E-state index contributed by atoms with van der Waals surface area (Å²) in [6, 6.07) is 0.0900. The number of nitrogens with zero attached hydrogens (tertiary/aromatic N) is 5. The minimum atomic E-state index is 0.0900. The molecule has 0 N–H and O–H groups in total. The van der Waals surface area contributed by atoms with Crippen molar-refractivity contribution < 1.29 is 4.79 Å². The third kappa shape index (κ3) is 3.00. The Bertz CT molecular complexity index is 495. The van der Waals surface area contributed by atoms with Crippen LogP contribution < -0.4 is 4.90 Å². The number of likely N-dealkylation sites (tertiary alicyclic amines) is 1. The van der Waals surface area contributed by atoms with Crippen LogP contribution in [0, 0.1) is 6.92 Å². The number of rotatable bonds is 2. The Hall–Kier alpha value is -1.69. The van der Waals surface area contributed by atoms with Crippen LogP contribution in [-0.4, -0.2) is 71.5 Å². The molecular formula is C15H23N5O. The Morgan fingerprint density at radius 2 is 1.81 bits per heavy atom. The number of aromatic nitrogens is 2. The van der Waals surface area contributed by atoms with Crippen LogP contribution in [0.4, 0.5) is 5.95 Å². The van der Waals surface area contributed by atoms with Gasteiger partial charge in [-0.05, 0) is 38.9 Å². The van der Waals surface area contributed by atoms with Gasteiger partial charge in [0, 0.05) is 38.6 Å². The summed E-state index contributed by atoms with van der Waals surface area (Å²) in [5, 5.41) is 0. The SMILES string of the molecule is Cc1cnc(N2CCN(C(=O)C3CCCN3C)CC2)nc1. The molecule has 1 aromatic rings. The van der Waals surface area contributed by atoms with Crippen LogP contribution in [0.1, 0.15) is 18.4 Å². The van der Waals surface area contributed by atoms with Gasteiger partial charge in [0.05, 0.1) is 6.04 Å². The van der Waals surface area contributed by atoms with Gasteiger partial charge in [-0.15, -0.1) is 0 Å². The molecule has 1 unspecified atom stereocenters. The Labute approximate surface area is 125 Å². The number of anilines is 1. The van der Waals surface area contributed by atoms with Gasteiger partial charge in [0.2, 0.25) is 11.9 Å². The molecule has 3 heterocycles. The summed E-state index contributed by atoms with van der Waals surface area (Å²) in [4.78, 5) is 27.6. The molecule has 2 fully saturated rings. The number of carbonyl (C=O) groups excluding carboxylic acids is 1. The molecule has 0 radical (unpaired) electrons. The van der Waals surface area contributed by atoms with Gasteiger partial charge < -0.3 is 9.80 Å². The Morgan fingerprint density at radius 3 is 2.38 bits per heavy atom. The van der Waals surface area contributed by atoms with E-state index in [4.69, 9.17) is 0 Å². The highest BCUT2D eigenvalue weighted by Crippen LogP contribution is 2.19. The fourth-order valence-corrected chi connectivity index (χ4v) is 3.11. The van der Waals surface area contributed by atoms with Crippen molar-refractivity contribution in [2.45, 2.75) is 25.8 Å². The standard InChI is InChI=1S/C15H23N5O/c1-12-10-16-15(17-11-12)20-8-6-19(7-9-20)14(21)13-4-3-5-18(13)2/h10-11,13H,3-9H2,1-2H3. The number of amides is 1. The van der Waals surface area contributed by atoms with Crippen molar-refractivity contribution in [2.24, 2.45) is 0 Å². The van der Waals surface area contributed by atoms with Gasteiger partial charge in [-0.2, -0.15) is 0 Å². The number of piperazine rings is 1. The summed E-state index contributed by atoms with van der Waals surface area (Å²) < 4.78 is 0. The maximum absolute atomic E-state index is 12.5. The second-order valence-electron chi connectivity index (χ2n) is 6.01. The molecule has 6 nitrogen and oxygen atoms in total. The molecule has 6 heteroatoms. The van der Waals surface area contributed by atoms with Gasteiger partial charge in [-0.25, -0.2) is 9.97 Å². The molecule has 2 saturated heterocycles. The third-order valence-electron chi connectivity index (χ3n) is 4.45. The molecule has 2 aliphatic heterocycles. The zero-order valence-corrected chi connectivity index (χ0v) is 12.8. The first-order valence-corrected chi connectivity index (χ1v) is 7.68. The van der Waals surface area contributed by atoms with Crippen LogP contribution in [0.2, 0.25) is 0 Å². The topological polar surface area (TPSA) is 52.6 Å². The van der Waals surface area contributed by atoms with E-state index < -0.39 is 0 Å². The van der Waals surface area contributed by atoms with Crippen molar-refractivity contribution in [3.63, 3.8) is 0 Å². The van der Waals surface area contributed by atoms with Crippen LogP contribution in [0.5, 0.6) is 0 Å². The maximum Gasteiger partial charge on any atom is 0.240 e. The Morgan fingerprint density at radius 1 is 1.14 bits per heavy atom. The van der Waals surface area contributed by atoms with Crippen LogP contribution in [0.15, 0.2) is 12.4 Å². The van der Waals surface area contributed by atoms with E-state index in [1.54, 1.807) is 0 Å². The van der Waals surface area contributed by atoms with Crippen molar-refractivity contribution in [1.82, 2.24) is 19.8 Å². The van der Waals surface area contributed by atoms with Crippen LogP contribution in [0.3, 0.4) is 0 Å². The smallest absolute Gasteiger partial charge is 0.240 e. The van der Waals surface area contributed by atoms with Crippen LogP contribution in [-0.2, 0) is 4.79 Å². The molecule has 0 bridgehead atoms. The molecule has 0 spiro atoms. The number of likely N-dealkylation sites (N-methyl/N-ethyl adjacent to an activating group) is 1. The summed E-state index contributed by atoms with van der Waals surface area (Å²) in [6.07, 6.45) is 5.81. The van der Waals surface area contributed by atoms with E-state index in [-0.39, 0.29) is 6.04 Å². The molecular weight excluding hydrogens is 266 g/mol. The summed E-state index contributed by atoms with van der Waals surface area (Å²) >= 11 is 0. The fraction of sp³-hybridized carbons (Fsp3) is 0.667. The van der Waals surface area contributed by atoms with Crippen molar-refractivity contribution in [2.75, 3.05) is 44.7 Å². The predicted octanol–water partition coefficient (Wildman–Crippen LogP) is 0.528. The van der Waals surface area contributed by atoms with Gasteiger partial charge >= 0.3 is 0 Å². The first-order chi connectivity index (χ1) is 10.1. The van der Waals surface area contributed by atoms with Gasteiger partial charge in [-0.1, -0.05) is 0 Å². The summed E-state index contributed by atoms with van der Waals surface area (Å²) in [7, 11) is 2.05. The Kier molecular flexibility index (Phi) is 4.05. The zero-order valence-electron chi connectivity index (χ0n) is 12.8. The van der Waals surface area contributed by atoms with E-state index in [1.165, 1.54) is 0 Å². The van der Waals surface area contributed by atoms with E-state index in [1.807, 2.05) is 31.3 Å². The molecule has 1 amide bonds. The van der Waals surface area contributed by atoms with Gasteiger partial charge in [-0.3, -0.25) is 9.69 Å². The average molecular weight is 289 g/mol. The average Bonchev–Trinajstić information content (AvgIpc) is 2.94. The minimum Gasteiger partial charge on any atom is -0.338 e. The second kappa shape index (κ2) is 5.97. The van der Waals surface area contributed by atoms with Crippen LogP contribution >= 0.6 is 0 Å². The normalized spacial score (nSPS) is 23.6. The monoisotopic (exact) mass is 289 g/mol. The molecule has 21 heavy (non-hydrogen) atoms. The van der Waals surface area contributed by atoms with E-state index >= 15 is 0 Å². The van der Waals surface area contributed by atoms with Gasteiger partial charge in [0.15, 0.2) is 0 Å². The maximum atomic E-state index is 12.5. The lowest BCUT2D eigenvalue weighted by Crippen LogP contribution is -2.53. The van der Waals surface area contributed by atoms with Crippen molar-refractivity contribution in [3.8, 4) is 0 Å². The predicted molar refractivity (Wildman–Crippen MR) is 81.2 cm³/mol. The lowest BCUT2D eigenvalue weighted by Gasteiger charge is -2.36. The molecule has 3 rings (SSSR count). The molecule has 0 aliphatic carbocycles. The summed E-state index contributed by atoms with van der Waals surface area (Å²) in [5.41, 5.74) is 1.07. The number of aryl methyl sites for hydroxylation is 1. The minimum absolute atomic E-state index is 0.0900. The van der Waals surface area contributed by atoms with Crippen LogP contribution in [0.25, 0.3) is 0 Å². The first kappa shape index (κ1) is 14.3. The van der Waals surface area contributed by atoms with E-state index in [9.17, 15) is 4.79 Å². The molecule has 2 aliphatic rings. The number of hydrogen-bond acceptors (Lipinski definition) is 5. The zero-order chi connectivity index (χ0) is 14.8. The largest absolute Gasteiger partial charge is 0.338 e. The highest BCUT2D eigenvalue weighted by atomic mass is 16.2. The summed E-state index contributed by atoms with van der Waals surface area (Å²) in [5.74, 6) is 1.06. The quantitative estimate of drug-likeness (QED) is 0.795. The lowest BCUT2D eigenvalue weighted by molar-refractivity contribution is -0.135. The number of carbonyl (C=O) groups is 1. The van der Waals surface area contributed by atoms with Crippen molar-refractivity contribution in [3.05, 3.63) is 18.0 Å². The fourth-order valence-electron chi connectivity index (χ4n) is 3.11. The molecule has 114 valence electrons. The molecule has 1 atom stereocenters. The molecule has 1 aromatic heterocycles. The number of hydrogen-bond donors (Lipinski definition) is 0. The highest BCUT2D eigenvalue weighted by Gasteiger charge is 2.33. The van der Waals surface area contributed by atoms with Crippen molar-refractivity contribution >= 4 is 11.9 Å². The van der Waals surface area contributed by atoms with E-state index in [0.717, 1.165) is 57.1 Å². The van der Waals surface area contributed by atoms with Gasteiger partial charge in [0.1, 0.15) is 0 Å². The van der Waals surface area contributed by atoms with E-state index in [0.29, 0.717) is 5.91 Å². The Balaban J connectivity index is 1.57. The van der Waals surface area contributed by atoms with E-state index in [2.05, 4.69) is 19.8 Å². The van der Waals surface area contributed by atoms with Gasteiger partial charge in [0.25, 0.3) is 0 Å². The second-order valence-corrected chi connectivity index (χ2v) is 6.01. The molecule has 0 saturated carbocycles. The first-order valence-electron chi connectivity index (χ1n) is 7.68. The van der Waals surface area contributed by atoms with Crippen molar-refractivity contribution in [1.29, 1.82) is 0 Å². The third-order valence-corrected chi connectivity index (χ3v) is 4.45.